The summed E-state index contributed by atoms with van der Waals surface area (Å²) in [5.41, 5.74) is 10.2. The van der Waals surface area contributed by atoms with E-state index in [9.17, 15) is 13.6 Å². The predicted octanol–water partition coefficient (Wildman–Crippen LogP) is 4.38. The summed E-state index contributed by atoms with van der Waals surface area (Å²) < 4.78 is 42.9. The molecule has 2 aliphatic heterocycles. The van der Waals surface area contributed by atoms with Crippen LogP contribution < -0.4 is 20.5 Å². The van der Waals surface area contributed by atoms with Crippen LogP contribution in [0.1, 0.15) is 47.0 Å². The second kappa shape index (κ2) is 13.0. The Kier molecular flexibility index (Phi) is 8.06. The van der Waals surface area contributed by atoms with Crippen LogP contribution in [-0.2, 0) is 0 Å². The summed E-state index contributed by atoms with van der Waals surface area (Å²) in [7, 11) is 0. The Hall–Kier alpha value is -6.26. The number of hydrogen-bond donors (Lipinski definition) is 2. The minimum atomic E-state index is -0.679. The number of hydrogen-bond acceptors (Lipinski definition) is 11. The van der Waals surface area contributed by atoms with E-state index in [-0.39, 0.29) is 18.9 Å². The highest BCUT2D eigenvalue weighted by atomic mass is 19.1. The number of pyridine rings is 1. The molecule has 0 bridgehead atoms. The van der Waals surface area contributed by atoms with E-state index >= 15 is 0 Å². The van der Waals surface area contributed by atoms with Crippen molar-refractivity contribution < 1.29 is 23.0 Å². The van der Waals surface area contributed by atoms with Gasteiger partial charge in [0.25, 0.3) is 5.91 Å². The van der Waals surface area contributed by atoms with Crippen LogP contribution in [0.3, 0.4) is 0 Å². The lowest BCUT2D eigenvalue weighted by molar-refractivity contribution is 0.102. The van der Waals surface area contributed by atoms with Crippen LogP contribution in [0.2, 0.25) is 0 Å². The predicted molar refractivity (Wildman–Crippen MR) is 175 cm³/mol. The lowest BCUT2D eigenvalue weighted by Crippen LogP contribution is -2.19. The van der Waals surface area contributed by atoms with E-state index in [0.29, 0.717) is 46.0 Å². The first-order valence-corrected chi connectivity index (χ1v) is 15.9. The molecule has 17 heteroatoms. The molecule has 1 aliphatic carbocycles. The molecule has 6 heterocycles. The first kappa shape index (κ1) is 31.0. The molecule has 1 amide bonds. The third kappa shape index (κ3) is 5.75. The van der Waals surface area contributed by atoms with Crippen molar-refractivity contribution in [2.75, 3.05) is 37.6 Å². The molecule has 3 aliphatic rings. The molecule has 0 spiro atoms. The number of imidazole rings is 1. The van der Waals surface area contributed by atoms with Gasteiger partial charge in [-0.1, -0.05) is 12.1 Å². The van der Waals surface area contributed by atoms with Crippen molar-refractivity contribution in [1.29, 1.82) is 0 Å². The molecule has 1 saturated carbocycles. The molecule has 2 aromatic carbocycles. The second-order valence-corrected chi connectivity index (χ2v) is 12.0. The van der Waals surface area contributed by atoms with Gasteiger partial charge in [0.1, 0.15) is 44.6 Å². The van der Waals surface area contributed by atoms with E-state index in [1.165, 1.54) is 23.9 Å². The fourth-order valence-corrected chi connectivity index (χ4v) is 5.88. The molecule has 3 N–H and O–H groups in total. The maximum atomic E-state index is 13.5. The van der Waals surface area contributed by atoms with Crippen molar-refractivity contribution in [3.05, 3.63) is 85.0 Å². The molecule has 2 atom stereocenters. The van der Waals surface area contributed by atoms with Crippen molar-refractivity contribution in [3.8, 4) is 40.0 Å². The number of nitrogens with two attached hydrogens (primary N) is 1. The highest BCUT2D eigenvalue weighted by Gasteiger charge is 2.29. The Balaban J connectivity index is 0.000000178. The second-order valence-electron chi connectivity index (χ2n) is 12.0. The third-order valence-electron chi connectivity index (χ3n) is 8.66. The molecule has 0 saturated heterocycles. The molecule has 0 unspecified atom stereocenters. The number of nitrogen functional groups attached to an aromatic ring is 1. The van der Waals surface area contributed by atoms with Gasteiger partial charge in [0, 0.05) is 18.3 Å². The maximum Gasteiger partial charge on any atom is 0.274 e. The number of fused-ring (bicyclic) bond motifs is 6. The maximum absolute atomic E-state index is 13.5. The number of halogens is 2. The minimum Gasteiger partial charge on any atom is -0.488 e. The number of rotatable bonds is 6. The van der Waals surface area contributed by atoms with Gasteiger partial charge in [-0.05, 0) is 59.7 Å². The lowest BCUT2D eigenvalue weighted by atomic mass is 10.1. The van der Waals surface area contributed by atoms with Crippen LogP contribution >= 0.6 is 0 Å². The minimum absolute atomic E-state index is 0.0338. The van der Waals surface area contributed by atoms with Crippen molar-refractivity contribution in [2.45, 2.75) is 30.8 Å². The number of aromatic nitrogens is 10. The number of para-hydroxylation sites is 2. The van der Waals surface area contributed by atoms with Crippen molar-refractivity contribution >= 4 is 17.3 Å². The fraction of sp³-hybridized carbons (Fsp3) is 0.273. The van der Waals surface area contributed by atoms with E-state index in [0.717, 1.165) is 16.9 Å². The standard InChI is InChI=1S/C22H19FN8O2.C11H11FN4O/c23-9-15-11-33-20-16(21-27-28-29-31(15)21)2-1-3-17(20)26-22(32)18-8-14(6-7-24-18)30-10-19(25-12-30)13-4-5-13;12-4-7-5-17-10-8(2-1-3-9(10)13)11-15-14-6-16(7)11/h1-3,6-8,10,12-13,15H,4-5,9,11H2,(H,26,32);1-3,6-7H,4-5,13H2/t15-;7-/m00/s1. The van der Waals surface area contributed by atoms with Gasteiger partial charge in [-0.2, -0.15) is 0 Å². The molecule has 15 nitrogen and oxygen atoms in total. The molecule has 1 fully saturated rings. The molecule has 50 heavy (non-hydrogen) atoms. The number of benzene rings is 2. The smallest absolute Gasteiger partial charge is 0.274 e. The number of nitrogens with zero attached hydrogens (tertiary/aromatic N) is 10. The van der Waals surface area contributed by atoms with E-state index in [1.807, 2.05) is 29.0 Å². The number of tetrazole rings is 1. The van der Waals surface area contributed by atoms with Gasteiger partial charge in [-0.3, -0.25) is 9.78 Å². The SMILES string of the molecule is Nc1cccc2c1OC[C@H](CF)n1cnnc1-2.O=C(Nc1cccc2c1OC[C@H](CF)n1nnnc1-2)c1cc(-n2cnc(C3CC3)c2)ccn1. The quantitative estimate of drug-likeness (QED) is 0.239. The van der Waals surface area contributed by atoms with Gasteiger partial charge >= 0.3 is 0 Å². The molecule has 4 aromatic heterocycles. The summed E-state index contributed by atoms with van der Waals surface area (Å²) >= 11 is 0. The van der Waals surface area contributed by atoms with Crippen LogP contribution in [0.5, 0.6) is 11.5 Å². The van der Waals surface area contributed by atoms with Gasteiger partial charge < -0.3 is 29.7 Å². The largest absolute Gasteiger partial charge is 0.488 e. The van der Waals surface area contributed by atoms with Crippen LogP contribution in [0, 0.1) is 0 Å². The first-order valence-electron chi connectivity index (χ1n) is 15.9. The molecule has 0 radical (unpaired) electrons. The monoisotopic (exact) mass is 680 g/mol. The molecule has 254 valence electrons. The Morgan fingerprint density at radius 3 is 2.52 bits per heavy atom. The van der Waals surface area contributed by atoms with Crippen molar-refractivity contribution in [3.63, 3.8) is 0 Å². The Bertz CT molecular complexity index is 2180. The third-order valence-corrected chi connectivity index (χ3v) is 8.66. The molecular formula is C33H30F2N12O3. The van der Waals surface area contributed by atoms with Crippen molar-refractivity contribution in [2.24, 2.45) is 0 Å². The topological polar surface area (TPSA) is 179 Å². The van der Waals surface area contributed by atoms with Crippen LogP contribution in [0.4, 0.5) is 20.2 Å². The van der Waals surface area contributed by atoms with Gasteiger partial charge in [-0.25, -0.2) is 18.4 Å². The van der Waals surface area contributed by atoms with E-state index < -0.39 is 31.3 Å². The number of carbonyl (C=O) groups excluding carboxylic acids is 1. The van der Waals surface area contributed by atoms with Gasteiger partial charge in [0.2, 0.25) is 0 Å². The highest BCUT2D eigenvalue weighted by Crippen LogP contribution is 2.41. The summed E-state index contributed by atoms with van der Waals surface area (Å²) in [5, 5.41) is 22.3. The van der Waals surface area contributed by atoms with Crippen LogP contribution in [-0.4, -0.2) is 82.0 Å². The summed E-state index contributed by atoms with van der Waals surface area (Å²) in [6, 6.07) is 13.1. The number of alkyl halides is 2. The molecule has 6 aromatic rings. The lowest BCUT2D eigenvalue weighted by Gasteiger charge is -2.14. The van der Waals surface area contributed by atoms with Gasteiger partial charge in [-0.15, -0.1) is 15.3 Å². The number of nitrogens with one attached hydrogen (secondary N) is 1. The average molecular weight is 681 g/mol. The Labute approximate surface area is 283 Å². The zero-order valence-electron chi connectivity index (χ0n) is 26.4. The van der Waals surface area contributed by atoms with Gasteiger partial charge in [0.05, 0.1) is 46.3 Å². The Morgan fingerprint density at radius 1 is 0.920 bits per heavy atom. The zero-order valence-corrected chi connectivity index (χ0v) is 26.4. The van der Waals surface area contributed by atoms with E-state index in [1.54, 1.807) is 47.4 Å². The van der Waals surface area contributed by atoms with Crippen LogP contribution in [0.25, 0.3) is 28.5 Å². The number of ether oxygens (including phenoxy) is 2. The van der Waals surface area contributed by atoms with E-state index in [4.69, 9.17) is 15.2 Å². The summed E-state index contributed by atoms with van der Waals surface area (Å²) in [5.74, 6) is 2.06. The number of anilines is 2. The summed E-state index contributed by atoms with van der Waals surface area (Å²) in [6.07, 6.45) is 9.18. The molecule has 9 rings (SSSR count). The summed E-state index contributed by atoms with van der Waals surface area (Å²) in [6.45, 7) is -0.949. The van der Waals surface area contributed by atoms with Crippen LogP contribution in [0.15, 0.2) is 73.6 Å². The highest BCUT2D eigenvalue weighted by molar-refractivity contribution is 6.04. The van der Waals surface area contributed by atoms with E-state index in [2.05, 4.69) is 41.0 Å². The van der Waals surface area contributed by atoms with Crippen molar-refractivity contribution in [1.82, 2.24) is 49.5 Å². The van der Waals surface area contributed by atoms with Gasteiger partial charge in [0.15, 0.2) is 23.1 Å². The molecular weight excluding hydrogens is 650 g/mol. The number of carbonyl (C=O) groups is 1. The number of amides is 1. The first-order chi connectivity index (χ1) is 24.5. The fourth-order valence-electron chi connectivity index (χ4n) is 5.88. The normalized spacial score (nSPS) is 17.2. The zero-order chi connectivity index (χ0) is 34.2. The Morgan fingerprint density at radius 2 is 1.70 bits per heavy atom. The average Bonchev–Trinajstić information content (AvgIpc) is 3.50. The summed E-state index contributed by atoms with van der Waals surface area (Å²) in [4.78, 5) is 21.7.